The third-order valence-corrected chi connectivity index (χ3v) is 5.65. The highest BCUT2D eigenvalue weighted by atomic mass is 32.2. The second-order valence-corrected chi connectivity index (χ2v) is 8.41. The Morgan fingerprint density at radius 2 is 1.57 bits per heavy atom. The normalized spacial score (nSPS) is 12.3. The van der Waals surface area contributed by atoms with E-state index in [1.165, 1.54) is 18.2 Å². The van der Waals surface area contributed by atoms with E-state index in [-0.39, 0.29) is 24.2 Å². The highest BCUT2D eigenvalue weighted by Crippen LogP contribution is 2.15. The minimum Gasteiger partial charge on any atom is -0.478 e. The van der Waals surface area contributed by atoms with Crippen LogP contribution in [0, 0.1) is 0 Å². The monoisotopic (exact) mass is 533 g/mol. The number of benzene rings is 1. The molecule has 1 aromatic rings. The summed E-state index contributed by atoms with van der Waals surface area (Å²) in [5.41, 5.74) is 4.87. The molecule has 0 aromatic heterocycles. The summed E-state index contributed by atoms with van der Waals surface area (Å²) in [6.07, 6.45) is 2.12. The van der Waals surface area contributed by atoms with Gasteiger partial charge < -0.3 is 26.4 Å². The van der Waals surface area contributed by atoms with Crippen molar-refractivity contribution in [3.63, 3.8) is 0 Å². The molecule has 0 spiro atoms. The maximum Gasteiger partial charge on any atom is 0.335 e. The second-order valence-electron chi connectivity index (χ2n) is 7.46. The standard InChI is InChI=1S/C22H23N5O9S/c23-15(28)9-24-16(29)10-25-17(30)11-26(6-7-27-18(31)4-5-19(27)32)20(33)12-37-22(36)14-3-1-2-13(8-14)21(34)35/h1-5,8H,6-7,9-12H2,(H2,23,28)(H,24,29)(H,25,30)(H,34,35). The molecule has 5 N–H and O–H groups in total. The molecule has 6 amide bonds. The Kier molecular flexibility index (Phi) is 10.5. The molecule has 1 heterocycles. The summed E-state index contributed by atoms with van der Waals surface area (Å²) in [6.45, 7) is -1.94. The summed E-state index contributed by atoms with van der Waals surface area (Å²) < 4.78 is 0. The first-order valence-electron chi connectivity index (χ1n) is 10.6. The highest BCUT2D eigenvalue weighted by molar-refractivity contribution is 8.14. The number of carbonyl (C=O) groups excluding carboxylic acids is 7. The lowest BCUT2D eigenvalue weighted by Crippen LogP contribution is -2.47. The van der Waals surface area contributed by atoms with Gasteiger partial charge in [-0.05, 0) is 12.1 Å². The number of carbonyl (C=O) groups is 8. The van der Waals surface area contributed by atoms with Crippen molar-refractivity contribution in [2.45, 2.75) is 0 Å². The second kappa shape index (κ2) is 13.5. The number of aromatic carboxylic acids is 1. The van der Waals surface area contributed by atoms with E-state index in [2.05, 4.69) is 10.6 Å². The highest BCUT2D eigenvalue weighted by Gasteiger charge is 2.26. The number of primary amides is 1. The van der Waals surface area contributed by atoms with Gasteiger partial charge in [0.15, 0.2) is 0 Å². The summed E-state index contributed by atoms with van der Waals surface area (Å²) in [5, 5.41) is 12.9. The van der Waals surface area contributed by atoms with Crippen molar-refractivity contribution in [1.82, 2.24) is 20.4 Å². The zero-order valence-corrected chi connectivity index (χ0v) is 20.1. The van der Waals surface area contributed by atoms with Gasteiger partial charge in [-0.3, -0.25) is 38.5 Å². The van der Waals surface area contributed by atoms with E-state index in [9.17, 15) is 38.4 Å². The topological polar surface area (TPSA) is 213 Å². The van der Waals surface area contributed by atoms with Gasteiger partial charge in [-0.15, -0.1) is 0 Å². The molecule has 0 aliphatic carbocycles. The number of nitrogens with two attached hydrogens (primary N) is 1. The quantitative estimate of drug-likeness (QED) is 0.200. The number of nitrogens with zero attached hydrogens (tertiary/aromatic N) is 2. The predicted octanol–water partition coefficient (Wildman–Crippen LogP) is -2.27. The number of carboxylic acids is 1. The third-order valence-electron chi connectivity index (χ3n) is 4.76. The lowest BCUT2D eigenvalue weighted by atomic mass is 10.1. The number of imide groups is 1. The molecule has 0 fully saturated rings. The summed E-state index contributed by atoms with van der Waals surface area (Å²) in [4.78, 5) is 96.5. The Balaban J connectivity index is 2.00. The van der Waals surface area contributed by atoms with Crippen molar-refractivity contribution in [2.75, 3.05) is 38.5 Å². The van der Waals surface area contributed by atoms with E-state index in [1.54, 1.807) is 0 Å². The number of amides is 6. The molecule has 0 bridgehead atoms. The molecule has 0 saturated carbocycles. The van der Waals surface area contributed by atoms with Crippen LogP contribution in [0.5, 0.6) is 0 Å². The smallest absolute Gasteiger partial charge is 0.335 e. The van der Waals surface area contributed by atoms with Crippen LogP contribution in [0.2, 0.25) is 0 Å². The average Bonchev–Trinajstić information content (AvgIpc) is 3.18. The van der Waals surface area contributed by atoms with Crippen LogP contribution < -0.4 is 16.4 Å². The van der Waals surface area contributed by atoms with Crippen molar-refractivity contribution < 1.29 is 43.5 Å². The summed E-state index contributed by atoms with van der Waals surface area (Å²) in [6, 6.07) is 5.24. The number of hydrogen-bond donors (Lipinski definition) is 4. The minimum absolute atomic E-state index is 0.0586. The Bertz CT molecular complexity index is 1150. The van der Waals surface area contributed by atoms with E-state index in [0.29, 0.717) is 11.8 Å². The largest absolute Gasteiger partial charge is 0.478 e. The van der Waals surface area contributed by atoms with Gasteiger partial charge >= 0.3 is 5.97 Å². The molecular weight excluding hydrogens is 510 g/mol. The van der Waals surface area contributed by atoms with E-state index >= 15 is 0 Å². The van der Waals surface area contributed by atoms with Crippen molar-refractivity contribution in [3.8, 4) is 0 Å². The molecule has 1 aliphatic rings. The van der Waals surface area contributed by atoms with Gasteiger partial charge in [-0.1, -0.05) is 23.9 Å². The predicted molar refractivity (Wildman–Crippen MR) is 128 cm³/mol. The number of hydrogen-bond acceptors (Lipinski definition) is 9. The Labute approximate surface area is 214 Å². The van der Waals surface area contributed by atoms with E-state index in [1.807, 2.05) is 0 Å². The summed E-state index contributed by atoms with van der Waals surface area (Å²) in [7, 11) is 0. The van der Waals surface area contributed by atoms with Crippen molar-refractivity contribution in [1.29, 1.82) is 0 Å². The van der Waals surface area contributed by atoms with Crippen LogP contribution in [0.3, 0.4) is 0 Å². The number of thioether (sulfide) groups is 1. The van der Waals surface area contributed by atoms with Gasteiger partial charge in [-0.2, -0.15) is 0 Å². The molecule has 0 saturated heterocycles. The van der Waals surface area contributed by atoms with Gasteiger partial charge in [0.1, 0.15) is 0 Å². The van der Waals surface area contributed by atoms with E-state index in [0.717, 1.165) is 28.0 Å². The maximum absolute atomic E-state index is 12.8. The fourth-order valence-corrected chi connectivity index (χ4v) is 3.63. The fourth-order valence-electron chi connectivity index (χ4n) is 2.90. The zero-order chi connectivity index (χ0) is 27.5. The molecule has 1 aromatic carbocycles. The minimum atomic E-state index is -1.23. The number of nitrogens with one attached hydrogen (secondary N) is 2. The number of carboxylic acid groups (broad SMARTS) is 1. The fraction of sp³-hybridized carbons (Fsp3) is 0.273. The lowest BCUT2D eigenvalue weighted by Gasteiger charge is -2.24. The summed E-state index contributed by atoms with van der Waals surface area (Å²) >= 11 is 0.578. The van der Waals surface area contributed by atoms with Gasteiger partial charge in [0.25, 0.3) is 11.8 Å². The maximum atomic E-state index is 12.8. The molecule has 0 unspecified atom stereocenters. The van der Waals surface area contributed by atoms with Crippen LogP contribution in [0.25, 0.3) is 0 Å². The third kappa shape index (κ3) is 9.21. The molecular formula is C22H23N5O9S. The van der Waals surface area contributed by atoms with Crippen LogP contribution in [0.1, 0.15) is 20.7 Å². The van der Waals surface area contributed by atoms with Gasteiger partial charge in [0, 0.05) is 30.8 Å². The molecule has 0 radical (unpaired) electrons. The molecule has 196 valence electrons. The first kappa shape index (κ1) is 28.7. The Hall–Kier alpha value is -4.53. The van der Waals surface area contributed by atoms with Crippen LogP contribution in [0.15, 0.2) is 36.4 Å². The molecule has 37 heavy (non-hydrogen) atoms. The van der Waals surface area contributed by atoms with Crippen LogP contribution in [-0.2, 0) is 28.8 Å². The van der Waals surface area contributed by atoms with Crippen LogP contribution >= 0.6 is 11.8 Å². The van der Waals surface area contributed by atoms with Gasteiger partial charge in [0.2, 0.25) is 28.7 Å². The molecule has 2 rings (SSSR count). The lowest BCUT2D eigenvalue weighted by molar-refractivity contribution is -0.139. The van der Waals surface area contributed by atoms with Gasteiger partial charge in [0.05, 0.1) is 31.0 Å². The Morgan fingerprint density at radius 1 is 0.946 bits per heavy atom. The van der Waals surface area contributed by atoms with Crippen LogP contribution in [-0.4, -0.2) is 99.9 Å². The molecule has 14 nitrogen and oxygen atoms in total. The first-order valence-corrected chi connectivity index (χ1v) is 11.6. The van der Waals surface area contributed by atoms with Crippen LogP contribution in [0.4, 0.5) is 0 Å². The number of rotatable bonds is 13. The first-order chi connectivity index (χ1) is 17.5. The molecule has 1 aliphatic heterocycles. The summed E-state index contributed by atoms with van der Waals surface area (Å²) in [5.74, 6) is -5.75. The zero-order valence-electron chi connectivity index (χ0n) is 19.3. The van der Waals surface area contributed by atoms with Gasteiger partial charge in [-0.25, -0.2) is 4.79 Å². The van der Waals surface area contributed by atoms with E-state index < -0.39 is 71.9 Å². The molecule has 0 atom stereocenters. The SMILES string of the molecule is NC(=O)CNC(=O)CNC(=O)CN(CCN1C(=O)C=CC1=O)C(=O)CSC(=O)c1cccc(C(=O)O)c1. The van der Waals surface area contributed by atoms with Crippen molar-refractivity contribution >= 4 is 58.3 Å². The Morgan fingerprint density at radius 3 is 2.19 bits per heavy atom. The van der Waals surface area contributed by atoms with Crippen molar-refractivity contribution in [2.24, 2.45) is 5.73 Å². The van der Waals surface area contributed by atoms with E-state index in [4.69, 9.17) is 10.8 Å². The van der Waals surface area contributed by atoms with Crippen molar-refractivity contribution in [3.05, 3.63) is 47.5 Å². The average molecular weight is 534 g/mol. The molecule has 15 heteroatoms.